The molecule has 0 aliphatic heterocycles. The number of halogens is 1. The first-order chi connectivity index (χ1) is 11.3. The molecule has 0 aromatic carbocycles. The Labute approximate surface area is 160 Å². The van der Waals surface area contributed by atoms with E-state index >= 15 is 0 Å². The maximum absolute atomic E-state index is 11.9. The molecule has 6 heteroatoms. The summed E-state index contributed by atoms with van der Waals surface area (Å²) in [6.45, 7) is 16.9. The van der Waals surface area contributed by atoms with Crippen molar-refractivity contribution in [1.29, 1.82) is 0 Å². The van der Waals surface area contributed by atoms with E-state index in [0.29, 0.717) is 6.42 Å². The highest BCUT2D eigenvalue weighted by Gasteiger charge is 2.38. The van der Waals surface area contributed by atoms with Crippen LogP contribution < -0.4 is 11.1 Å². The van der Waals surface area contributed by atoms with Crippen molar-refractivity contribution in [3.8, 4) is 0 Å². The summed E-state index contributed by atoms with van der Waals surface area (Å²) in [7, 11) is -1.87. The fourth-order valence-corrected chi connectivity index (χ4v) is 3.31. The third-order valence-electron chi connectivity index (χ3n) is 4.69. The Hall–Kier alpha value is -0.623. The fourth-order valence-electron chi connectivity index (χ4n) is 1.84. The molecule has 4 nitrogen and oxygen atoms in total. The summed E-state index contributed by atoms with van der Waals surface area (Å²) in [5.41, 5.74) is 5.83. The van der Waals surface area contributed by atoms with Crippen LogP contribution in [0.2, 0.25) is 18.1 Å². The average molecular weight is 389 g/mol. The zero-order valence-corrected chi connectivity index (χ0v) is 18.9. The van der Waals surface area contributed by atoms with Crippen molar-refractivity contribution in [1.82, 2.24) is 5.32 Å². The topological polar surface area (TPSA) is 64.4 Å². The first-order valence-electron chi connectivity index (χ1n) is 8.99. The summed E-state index contributed by atoms with van der Waals surface area (Å²) in [5.74, 6) is -0.0514. The molecule has 0 radical (unpaired) electrons. The number of rotatable bonds is 9. The van der Waals surface area contributed by atoms with E-state index in [1.54, 1.807) is 6.20 Å². The van der Waals surface area contributed by atoms with Gasteiger partial charge in [0, 0.05) is 5.03 Å². The fraction of sp³-hybridized carbons (Fsp3) is 0.737. The summed E-state index contributed by atoms with van der Waals surface area (Å²) in [5, 5.41) is 3.66. The van der Waals surface area contributed by atoms with Gasteiger partial charge in [0.15, 0.2) is 8.32 Å². The summed E-state index contributed by atoms with van der Waals surface area (Å²) in [6.07, 6.45) is 7.10. The van der Waals surface area contributed by atoms with E-state index in [1.165, 1.54) is 0 Å². The van der Waals surface area contributed by atoms with Gasteiger partial charge in [0.2, 0.25) is 5.91 Å². The number of carbonyl (C=O) groups is 1. The predicted molar refractivity (Wildman–Crippen MR) is 111 cm³/mol. The summed E-state index contributed by atoms with van der Waals surface area (Å²) >= 11 is 5.98. The van der Waals surface area contributed by atoms with E-state index in [-0.39, 0.29) is 23.0 Å². The van der Waals surface area contributed by atoms with Gasteiger partial charge in [0.05, 0.1) is 12.1 Å². The number of hydrogen-bond acceptors (Lipinski definition) is 3. The Kier molecular flexibility index (Phi) is 10.2. The van der Waals surface area contributed by atoms with Crippen LogP contribution >= 0.6 is 11.6 Å². The van der Waals surface area contributed by atoms with Crippen molar-refractivity contribution in [3.63, 3.8) is 0 Å². The minimum absolute atomic E-state index is 0.0431. The highest BCUT2D eigenvalue weighted by molar-refractivity contribution is 6.74. The third-order valence-corrected chi connectivity index (χ3v) is 9.38. The molecule has 0 unspecified atom stereocenters. The number of carbonyl (C=O) groups excluding carboxylic acids is 1. The van der Waals surface area contributed by atoms with Crippen LogP contribution in [-0.4, -0.2) is 26.4 Å². The minimum Gasteiger partial charge on any atom is -0.413 e. The predicted octanol–water partition coefficient (Wildman–Crippen LogP) is 4.91. The first-order valence-corrected chi connectivity index (χ1v) is 12.3. The van der Waals surface area contributed by atoms with Gasteiger partial charge in [0.1, 0.15) is 0 Å². The average Bonchev–Trinajstić information content (AvgIpc) is 2.46. The highest BCUT2D eigenvalue weighted by atomic mass is 35.5. The quantitative estimate of drug-likeness (QED) is 0.551. The van der Waals surface area contributed by atoms with Crippen LogP contribution in [0.15, 0.2) is 23.4 Å². The van der Waals surface area contributed by atoms with Gasteiger partial charge >= 0.3 is 0 Å². The van der Waals surface area contributed by atoms with Crippen LogP contribution in [0.3, 0.4) is 0 Å². The number of hydrogen-bond donors (Lipinski definition) is 2. The van der Waals surface area contributed by atoms with Gasteiger partial charge in [-0.1, -0.05) is 58.4 Å². The van der Waals surface area contributed by atoms with Gasteiger partial charge in [-0.2, -0.15) is 0 Å². The van der Waals surface area contributed by atoms with Crippen molar-refractivity contribution in [3.05, 3.63) is 23.4 Å². The molecule has 25 heavy (non-hydrogen) atoms. The molecule has 0 aromatic rings. The molecule has 0 spiro atoms. The Morgan fingerprint density at radius 3 is 2.28 bits per heavy atom. The van der Waals surface area contributed by atoms with Crippen molar-refractivity contribution in [2.24, 2.45) is 11.7 Å². The second-order valence-electron chi connectivity index (χ2n) is 8.44. The maximum atomic E-state index is 11.9. The van der Waals surface area contributed by atoms with Crippen LogP contribution in [0.4, 0.5) is 0 Å². The lowest BCUT2D eigenvalue weighted by Crippen LogP contribution is -2.44. The van der Waals surface area contributed by atoms with E-state index < -0.39 is 14.4 Å². The molecule has 0 aliphatic carbocycles. The number of amides is 1. The second-order valence-corrected chi connectivity index (χ2v) is 13.8. The molecule has 1 amide bonds. The van der Waals surface area contributed by atoms with Crippen LogP contribution in [0.5, 0.6) is 0 Å². The molecule has 0 aromatic heterocycles. The summed E-state index contributed by atoms with van der Waals surface area (Å²) in [6, 6.07) is -0.495. The van der Waals surface area contributed by atoms with E-state index in [4.69, 9.17) is 21.8 Å². The lowest BCUT2D eigenvalue weighted by Gasteiger charge is -2.39. The molecular formula is C19H37ClN2O2Si. The van der Waals surface area contributed by atoms with Gasteiger partial charge in [0.25, 0.3) is 0 Å². The Morgan fingerprint density at radius 1 is 1.28 bits per heavy atom. The third kappa shape index (κ3) is 9.59. The Morgan fingerprint density at radius 2 is 1.84 bits per heavy atom. The zero-order chi connectivity index (χ0) is 19.8. The van der Waals surface area contributed by atoms with E-state index in [0.717, 1.165) is 11.5 Å². The van der Waals surface area contributed by atoms with Crippen molar-refractivity contribution >= 4 is 25.8 Å². The van der Waals surface area contributed by atoms with Crippen LogP contribution in [0.1, 0.15) is 54.4 Å². The molecule has 2 atom stereocenters. The van der Waals surface area contributed by atoms with Crippen LogP contribution in [-0.2, 0) is 9.22 Å². The molecular weight excluding hydrogens is 352 g/mol. The zero-order valence-electron chi connectivity index (χ0n) is 17.2. The standard InChI is InChI=1S/C19H37ClN2O2Si/c1-14(2)17(21)18(23)22-13-9-10-16(12-11-15(3)20)24-25(7,8)19(4,5)6/h9,11,13-14,16-17H,10,12,21H2,1-8H3,(H,22,23)/b13-9-,15-11+/t16-,17-/m0/s1. The number of nitrogens with two attached hydrogens (primary N) is 1. The van der Waals surface area contributed by atoms with Crippen LogP contribution in [0.25, 0.3) is 0 Å². The SMILES string of the molecule is C/C(Cl)=C\C[C@H](C/C=C\NC(=O)[C@@H](N)C(C)C)O[Si](C)(C)C(C)(C)C. The summed E-state index contributed by atoms with van der Waals surface area (Å²) in [4.78, 5) is 11.9. The van der Waals surface area contributed by atoms with Gasteiger partial charge < -0.3 is 15.5 Å². The van der Waals surface area contributed by atoms with E-state index in [2.05, 4.69) is 39.2 Å². The lowest BCUT2D eigenvalue weighted by atomic mass is 10.1. The molecule has 3 N–H and O–H groups in total. The van der Waals surface area contributed by atoms with Crippen molar-refractivity contribution in [2.75, 3.05) is 0 Å². The van der Waals surface area contributed by atoms with Gasteiger partial charge in [-0.3, -0.25) is 4.79 Å². The molecule has 0 fully saturated rings. The lowest BCUT2D eigenvalue weighted by molar-refractivity contribution is -0.122. The van der Waals surface area contributed by atoms with Crippen LogP contribution in [0, 0.1) is 5.92 Å². The minimum atomic E-state index is -1.87. The van der Waals surface area contributed by atoms with Crippen molar-refractivity contribution < 1.29 is 9.22 Å². The molecule has 0 heterocycles. The van der Waals surface area contributed by atoms with Crippen molar-refractivity contribution in [2.45, 2.75) is 84.7 Å². The number of nitrogens with one attached hydrogen (secondary N) is 1. The Balaban J connectivity index is 4.83. The Bertz CT molecular complexity index is 478. The van der Waals surface area contributed by atoms with E-state index in [9.17, 15) is 4.79 Å². The molecule has 0 saturated carbocycles. The molecule has 146 valence electrons. The monoisotopic (exact) mass is 388 g/mol. The summed E-state index contributed by atoms with van der Waals surface area (Å²) < 4.78 is 6.49. The van der Waals surface area contributed by atoms with Gasteiger partial charge in [-0.15, -0.1) is 0 Å². The maximum Gasteiger partial charge on any atom is 0.241 e. The van der Waals surface area contributed by atoms with E-state index in [1.807, 2.05) is 32.9 Å². The molecule has 0 rings (SSSR count). The molecule has 0 bridgehead atoms. The normalized spacial score (nSPS) is 16.4. The number of allylic oxidation sites excluding steroid dienone is 1. The molecule has 0 saturated heterocycles. The smallest absolute Gasteiger partial charge is 0.241 e. The second kappa shape index (κ2) is 10.5. The largest absolute Gasteiger partial charge is 0.413 e. The van der Waals surface area contributed by atoms with Gasteiger partial charge in [-0.05, 0) is 50.0 Å². The van der Waals surface area contributed by atoms with Gasteiger partial charge in [-0.25, -0.2) is 0 Å². The molecule has 0 aliphatic rings. The first kappa shape index (κ1) is 24.4. The highest BCUT2D eigenvalue weighted by Crippen LogP contribution is 2.38.